The van der Waals surface area contributed by atoms with Crippen LogP contribution in [0.25, 0.3) is 11.0 Å². The molecule has 2 rings (SSSR count). The van der Waals surface area contributed by atoms with Crippen molar-refractivity contribution in [3.8, 4) is 5.75 Å². The first-order valence-corrected chi connectivity index (χ1v) is 10.5. The highest BCUT2D eigenvalue weighted by Crippen LogP contribution is 2.30. The minimum atomic E-state index is -0.982. The molecule has 0 saturated carbocycles. The van der Waals surface area contributed by atoms with Gasteiger partial charge in [0.1, 0.15) is 11.3 Å². The van der Waals surface area contributed by atoms with Crippen LogP contribution in [0.4, 0.5) is 0 Å². The Morgan fingerprint density at radius 1 is 1.17 bits per heavy atom. The number of benzene rings is 1. The summed E-state index contributed by atoms with van der Waals surface area (Å²) in [6.45, 7) is 7.50. The van der Waals surface area contributed by atoms with E-state index in [0.717, 1.165) is 42.2 Å². The number of ether oxygens (including phenoxy) is 1. The van der Waals surface area contributed by atoms with E-state index in [1.54, 1.807) is 19.9 Å². The monoisotopic (exact) mass is 417 g/mol. The van der Waals surface area contributed by atoms with Crippen LogP contribution in [0.3, 0.4) is 0 Å². The van der Waals surface area contributed by atoms with E-state index in [2.05, 4.69) is 12.2 Å². The van der Waals surface area contributed by atoms with Crippen molar-refractivity contribution in [3.63, 3.8) is 0 Å². The third-order valence-corrected chi connectivity index (χ3v) is 5.25. The molecule has 0 aliphatic rings. The van der Waals surface area contributed by atoms with Gasteiger partial charge in [0.05, 0.1) is 6.42 Å². The van der Waals surface area contributed by atoms with E-state index in [4.69, 9.17) is 14.3 Å². The summed E-state index contributed by atoms with van der Waals surface area (Å²) >= 11 is 0. The SMILES string of the molecule is CCCCCCc1c(C)c2ccc(O[C@@H](C)C(=O)NCCC(=O)O)c(C)c2oc1=O. The van der Waals surface area contributed by atoms with Crippen LogP contribution in [-0.4, -0.2) is 29.6 Å². The van der Waals surface area contributed by atoms with Crippen molar-refractivity contribution >= 4 is 22.8 Å². The number of aryl methyl sites for hydroxylation is 2. The van der Waals surface area contributed by atoms with Crippen molar-refractivity contribution in [1.82, 2.24) is 5.32 Å². The van der Waals surface area contributed by atoms with Crippen LogP contribution in [-0.2, 0) is 16.0 Å². The number of nitrogens with one attached hydrogen (secondary N) is 1. The number of rotatable bonds is 11. The van der Waals surface area contributed by atoms with Gasteiger partial charge in [-0.2, -0.15) is 0 Å². The first-order valence-electron chi connectivity index (χ1n) is 10.5. The zero-order valence-corrected chi connectivity index (χ0v) is 18.2. The first kappa shape index (κ1) is 23.4. The van der Waals surface area contributed by atoms with E-state index in [0.29, 0.717) is 23.3 Å². The molecule has 2 N–H and O–H groups in total. The van der Waals surface area contributed by atoms with E-state index in [1.807, 2.05) is 13.0 Å². The third-order valence-electron chi connectivity index (χ3n) is 5.25. The number of hydrogen-bond donors (Lipinski definition) is 2. The van der Waals surface area contributed by atoms with Gasteiger partial charge in [-0.1, -0.05) is 26.2 Å². The Balaban J connectivity index is 2.20. The molecule has 7 heteroatoms. The van der Waals surface area contributed by atoms with Crippen molar-refractivity contribution in [1.29, 1.82) is 0 Å². The third kappa shape index (κ3) is 5.84. The quantitative estimate of drug-likeness (QED) is 0.424. The molecule has 1 aromatic heterocycles. The molecular weight excluding hydrogens is 386 g/mol. The maximum atomic E-state index is 12.6. The van der Waals surface area contributed by atoms with Gasteiger partial charge >= 0.3 is 11.6 Å². The lowest BCUT2D eigenvalue weighted by Gasteiger charge is -2.17. The van der Waals surface area contributed by atoms with Gasteiger partial charge in [0.2, 0.25) is 0 Å². The van der Waals surface area contributed by atoms with Gasteiger partial charge in [0, 0.05) is 23.1 Å². The predicted octanol–water partition coefficient (Wildman–Crippen LogP) is 3.89. The average molecular weight is 418 g/mol. The summed E-state index contributed by atoms with van der Waals surface area (Å²) in [7, 11) is 0. The van der Waals surface area contributed by atoms with Crippen molar-refractivity contribution in [2.75, 3.05) is 6.54 Å². The Morgan fingerprint density at radius 3 is 2.57 bits per heavy atom. The van der Waals surface area contributed by atoms with Gasteiger partial charge in [0.25, 0.3) is 5.91 Å². The molecular formula is C23H31NO6. The Hall–Kier alpha value is -2.83. The molecule has 7 nitrogen and oxygen atoms in total. The van der Waals surface area contributed by atoms with Crippen LogP contribution in [0.2, 0.25) is 0 Å². The fraction of sp³-hybridized carbons (Fsp3) is 0.522. The van der Waals surface area contributed by atoms with E-state index in [-0.39, 0.29) is 18.6 Å². The summed E-state index contributed by atoms with van der Waals surface area (Å²) in [5.74, 6) is -0.943. The summed E-state index contributed by atoms with van der Waals surface area (Å²) in [5.41, 5.74) is 2.43. The number of carbonyl (C=O) groups is 2. The van der Waals surface area contributed by atoms with Crippen LogP contribution in [0.5, 0.6) is 5.75 Å². The summed E-state index contributed by atoms with van der Waals surface area (Å²) in [5, 5.41) is 12.0. The minimum absolute atomic E-state index is 0.0354. The molecule has 0 radical (unpaired) electrons. The van der Waals surface area contributed by atoms with E-state index < -0.39 is 18.0 Å². The Bertz CT molecular complexity index is 962. The molecule has 1 amide bonds. The van der Waals surface area contributed by atoms with Gasteiger partial charge in [-0.25, -0.2) is 4.79 Å². The molecule has 0 aliphatic carbocycles. The normalized spacial score (nSPS) is 12.0. The maximum absolute atomic E-state index is 12.6. The maximum Gasteiger partial charge on any atom is 0.339 e. The molecule has 1 aromatic carbocycles. The lowest BCUT2D eigenvalue weighted by molar-refractivity contribution is -0.137. The van der Waals surface area contributed by atoms with Crippen molar-refractivity contribution in [3.05, 3.63) is 39.2 Å². The Kier molecular flexibility index (Phi) is 8.45. The lowest BCUT2D eigenvalue weighted by Crippen LogP contribution is -2.37. The number of aliphatic carboxylic acids is 1. The molecule has 0 unspecified atom stereocenters. The van der Waals surface area contributed by atoms with E-state index in [1.165, 1.54) is 0 Å². The van der Waals surface area contributed by atoms with Gasteiger partial charge in [-0.05, 0) is 51.3 Å². The molecule has 164 valence electrons. The number of carboxylic acids is 1. The molecule has 0 fully saturated rings. The Morgan fingerprint density at radius 2 is 1.90 bits per heavy atom. The van der Waals surface area contributed by atoms with Crippen LogP contribution >= 0.6 is 0 Å². The smallest absolute Gasteiger partial charge is 0.339 e. The summed E-state index contributed by atoms with van der Waals surface area (Å²) in [4.78, 5) is 35.2. The summed E-state index contributed by atoms with van der Waals surface area (Å²) in [6.07, 6.45) is 4.07. The van der Waals surface area contributed by atoms with Crippen LogP contribution in [0.15, 0.2) is 21.3 Å². The predicted molar refractivity (Wildman–Crippen MR) is 115 cm³/mol. The van der Waals surface area contributed by atoms with Crippen molar-refractivity contribution < 1.29 is 23.8 Å². The van der Waals surface area contributed by atoms with Gasteiger partial charge < -0.3 is 19.6 Å². The molecule has 30 heavy (non-hydrogen) atoms. The number of amides is 1. The molecule has 1 heterocycles. The zero-order chi connectivity index (χ0) is 22.3. The van der Waals surface area contributed by atoms with Crippen LogP contribution in [0.1, 0.15) is 62.6 Å². The number of fused-ring (bicyclic) bond motifs is 1. The molecule has 2 aromatic rings. The molecule has 1 atom stereocenters. The molecule has 0 bridgehead atoms. The molecule has 0 spiro atoms. The largest absolute Gasteiger partial charge is 0.481 e. The van der Waals surface area contributed by atoms with Gasteiger partial charge in [0.15, 0.2) is 6.10 Å². The number of hydrogen-bond acceptors (Lipinski definition) is 5. The zero-order valence-electron chi connectivity index (χ0n) is 18.2. The van der Waals surface area contributed by atoms with Crippen LogP contribution in [0, 0.1) is 13.8 Å². The fourth-order valence-corrected chi connectivity index (χ4v) is 3.40. The van der Waals surface area contributed by atoms with Crippen molar-refractivity contribution in [2.45, 2.75) is 72.3 Å². The lowest BCUT2D eigenvalue weighted by atomic mass is 9.99. The second-order valence-corrected chi connectivity index (χ2v) is 7.56. The van der Waals surface area contributed by atoms with Crippen molar-refractivity contribution in [2.24, 2.45) is 0 Å². The molecule has 0 saturated heterocycles. The standard InChI is InChI=1S/C23H31NO6/c1-5-6-7-8-9-18-14(2)17-10-11-19(15(3)21(17)30-23(18)28)29-16(4)22(27)24-13-12-20(25)26/h10-11,16H,5-9,12-13H2,1-4H3,(H,24,27)(H,25,26)/t16-/m0/s1. The number of carboxylic acid groups (broad SMARTS) is 1. The van der Waals surface area contributed by atoms with Crippen LogP contribution < -0.4 is 15.7 Å². The highest BCUT2D eigenvalue weighted by atomic mass is 16.5. The highest BCUT2D eigenvalue weighted by Gasteiger charge is 2.19. The Labute approximate surface area is 176 Å². The summed E-state index contributed by atoms with van der Waals surface area (Å²) < 4.78 is 11.4. The highest BCUT2D eigenvalue weighted by molar-refractivity contribution is 5.86. The molecule has 0 aliphatic heterocycles. The minimum Gasteiger partial charge on any atom is -0.481 e. The summed E-state index contributed by atoms with van der Waals surface area (Å²) in [6, 6.07) is 3.62. The van der Waals surface area contributed by atoms with Gasteiger partial charge in [-0.3, -0.25) is 9.59 Å². The van der Waals surface area contributed by atoms with E-state index >= 15 is 0 Å². The fourth-order valence-electron chi connectivity index (χ4n) is 3.40. The number of unbranched alkanes of at least 4 members (excludes halogenated alkanes) is 3. The second kappa shape index (κ2) is 10.8. The number of carbonyl (C=O) groups excluding carboxylic acids is 1. The topological polar surface area (TPSA) is 106 Å². The van der Waals surface area contributed by atoms with E-state index in [9.17, 15) is 14.4 Å². The first-order chi connectivity index (χ1) is 14.3. The average Bonchev–Trinajstić information content (AvgIpc) is 2.69. The second-order valence-electron chi connectivity index (χ2n) is 7.56. The van der Waals surface area contributed by atoms with Gasteiger partial charge in [-0.15, -0.1) is 0 Å².